The van der Waals surface area contributed by atoms with Gasteiger partial charge in [0, 0.05) is 42.3 Å². The molecule has 216 valence electrons. The van der Waals surface area contributed by atoms with Crippen molar-refractivity contribution in [3.63, 3.8) is 0 Å². The highest BCUT2D eigenvalue weighted by molar-refractivity contribution is 7.10. The van der Waals surface area contributed by atoms with Gasteiger partial charge in [-0.1, -0.05) is 5.16 Å². The van der Waals surface area contributed by atoms with E-state index in [1.54, 1.807) is 22.8 Å². The first-order valence-corrected chi connectivity index (χ1v) is 13.7. The van der Waals surface area contributed by atoms with Crippen molar-refractivity contribution in [3.8, 4) is 0 Å². The van der Waals surface area contributed by atoms with Gasteiger partial charge in [-0.15, -0.1) is 11.3 Å². The van der Waals surface area contributed by atoms with E-state index in [1.165, 1.54) is 11.3 Å². The van der Waals surface area contributed by atoms with Crippen molar-refractivity contribution in [2.45, 2.75) is 56.5 Å². The number of hydrogen-bond donors (Lipinski definition) is 0. The van der Waals surface area contributed by atoms with E-state index in [0.29, 0.717) is 31.0 Å². The quantitative estimate of drug-likeness (QED) is 0.235. The predicted octanol–water partition coefficient (Wildman–Crippen LogP) is 6.74. The van der Waals surface area contributed by atoms with Crippen LogP contribution in [0.25, 0.3) is 0 Å². The number of aromatic nitrogens is 5. The van der Waals surface area contributed by atoms with Crippen LogP contribution in [0.1, 0.15) is 70.5 Å². The summed E-state index contributed by atoms with van der Waals surface area (Å²) in [6, 6.07) is 4.86. The summed E-state index contributed by atoms with van der Waals surface area (Å²) in [6.45, 7) is 2.61. The van der Waals surface area contributed by atoms with Crippen molar-refractivity contribution in [1.29, 1.82) is 0 Å². The molecule has 0 spiro atoms. The third-order valence-corrected chi connectivity index (χ3v) is 8.41. The maximum absolute atomic E-state index is 13.4. The molecule has 2 aliphatic rings. The largest absolute Gasteiger partial charge is 0.433 e. The number of anilines is 2. The molecule has 0 bridgehead atoms. The van der Waals surface area contributed by atoms with Crippen LogP contribution in [0.15, 0.2) is 46.6 Å². The molecule has 4 aromatic rings. The average molecular weight is 596 g/mol. The fraction of sp³-hybridized carbons (Fsp3) is 0.423. The van der Waals surface area contributed by atoms with Crippen molar-refractivity contribution in [3.05, 3.63) is 75.3 Å². The Labute approximate surface area is 234 Å². The van der Waals surface area contributed by atoms with E-state index in [2.05, 4.69) is 25.1 Å². The minimum Gasteiger partial charge on any atom is -0.361 e. The monoisotopic (exact) mass is 595 g/mol. The lowest BCUT2D eigenvalue weighted by atomic mass is 9.97. The lowest BCUT2D eigenvalue weighted by Crippen LogP contribution is -2.26. The number of hydrogen-bond acceptors (Lipinski definition) is 9. The predicted molar refractivity (Wildman–Crippen MR) is 136 cm³/mol. The van der Waals surface area contributed by atoms with Crippen LogP contribution in [0.4, 0.5) is 38.2 Å². The number of thiophene rings is 1. The number of aryl methyl sites for hydroxylation is 1. The highest BCUT2D eigenvalue weighted by Crippen LogP contribution is 2.45. The molecule has 3 atom stereocenters. The maximum atomic E-state index is 13.4. The first-order chi connectivity index (χ1) is 19.5. The molecule has 2 aliphatic heterocycles. The zero-order valence-electron chi connectivity index (χ0n) is 21.5. The van der Waals surface area contributed by atoms with Gasteiger partial charge < -0.3 is 14.3 Å². The van der Waals surface area contributed by atoms with Gasteiger partial charge in [0.05, 0.1) is 12.1 Å². The third kappa shape index (κ3) is 5.46. The molecule has 0 amide bonds. The molecule has 2 saturated heterocycles. The van der Waals surface area contributed by atoms with Crippen LogP contribution < -0.4 is 9.80 Å². The van der Waals surface area contributed by atoms with E-state index < -0.39 is 29.8 Å². The fourth-order valence-corrected chi connectivity index (χ4v) is 6.61. The smallest absolute Gasteiger partial charge is 0.361 e. The van der Waals surface area contributed by atoms with E-state index in [9.17, 15) is 26.3 Å². The zero-order valence-corrected chi connectivity index (χ0v) is 22.3. The second-order valence-electron chi connectivity index (χ2n) is 10.1. The molecule has 4 aromatic heterocycles. The normalized spacial score (nSPS) is 21.7. The summed E-state index contributed by atoms with van der Waals surface area (Å²) >= 11 is 1.49. The summed E-state index contributed by atoms with van der Waals surface area (Å²) in [5, 5.41) is 6.11. The van der Waals surface area contributed by atoms with E-state index in [-0.39, 0.29) is 23.9 Å². The lowest BCUT2D eigenvalue weighted by molar-refractivity contribution is -0.142. The van der Waals surface area contributed by atoms with Gasteiger partial charge in [0.25, 0.3) is 0 Å². The number of halogens is 6. The molecule has 0 N–H and O–H groups in total. The second-order valence-corrected chi connectivity index (χ2v) is 11.0. The van der Waals surface area contributed by atoms with Gasteiger partial charge in [-0.2, -0.15) is 26.3 Å². The highest BCUT2D eigenvalue weighted by atomic mass is 32.1. The molecule has 41 heavy (non-hydrogen) atoms. The van der Waals surface area contributed by atoms with E-state index >= 15 is 0 Å². The lowest BCUT2D eigenvalue weighted by Gasteiger charge is -2.24. The summed E-state index contributed by atoms with van der Waals surface area (Å²) in [4.78, 5) is 20.3. The van der Waals surface area contributed by atoms with Crippen molar-refractivity contribution >= 4 is 23.2 Å². The van der Waals surface area contributed by atoms with Crippen LogP contribution in [0.2, 0.25) is 0 Å². The van der Waals surface area contributed by atoms with Crippen molar-refractivity contribution in [1.82, 2.24) is 25.1 Å². The topological polar surface area (TPSA) is 84.1 Å². The summed E-state index contributed by atoms with van der Waals surface area (Å²) in [5.74, 6) is 0.476. The summed E-state index contributed by atoms with van der Waals surface area (Å²) in [7, 11) is 0. The van der Waals surface area contributed by atoms with Crippen molar-refractivity contribution < 1.29 is 30.9 Å². The average Bonchev–Trinajstić information content (AvgIpc) is 3.73. The van der Waals surface area contributed by atoms with Crippen LogP contribution in [-0.4, -0.2) is 38.2 Å². The Hall–Kier alpha value is -3.75. The van der Waals surface area contributed by atoms with Gasteiger partial charge >= 0.3 is 12.4 Å². The molecular formula is C26H23F6N7OS. The maximum Gasteiger partial charge on any atom is 0.433 e. The summed E-state index contributed by atoms with van der Waals surface area (Å²) in [6.07, 6.45) is -4.93. The molecule has 3 unspecified atom stereocenters. The molecule has 6 heterocycles. The zero-order chi connectivity index (χ0) is 28.9. The van der Waals surface area contributed by atoms with Gasteiger partial charge in [0.15, 0.2) is 0 Å². The van der Waals surface area contributed by atoms with E-state index in [0.717, 1.165) is 47.8 Å². The van der Waals surface area contributed by atoms with Gasteiger partial charge in [-0.05, 0) is 55.3 Å². The number of alkyl halides is 6. The van der Waals surface area contributed by atoms with Gasteiger partial charge in [-0.3, -0.25) is 0 Å². The standard InChI is InChI=1S/C26H23F6N7OS/c1-14-9-17(37-40-14)19-10-15(12-39(19)24-34-7-5-22(36-24)26(30,31)32)16-11-20(41-13-16)18-3-2-8-38(18)23-33-6-4-21(35-23)25(27,28)29/h4-7,9,11,13,15,18-19H,2-3,8,10,12H2,1H3. The first kappa shape index (κ1) is 27.4. The Morgan fingerprint density at radius 1 is 0.902 bits per heavy atom. The Balaban J connectivity index is 1.27. The van der Waals surface area contributed by atoms with Crippen LogP contribution in [-0.2, 0) is 12.4 Å². The van der Waals surface area contributed by atoms with Crippen molar-refractivity contribution in [2.24, 2.45) is 0 Å². The molecule has 8 nitrogen and oxygen atoms in total. The molecule has 0 saturated carbocycles. The van der Waals surface area contributed by atoms with Crippen LogP contribution in [0, 0.1) is 6.92 Å². The van der Waals surface area contributed by atoms with Crippen LogP contribution in [0.5, 0.6) is 0 Å². The third-order valence-electron chi connectivity index (χ3n) is 7.36. The van der Waals surface area contributed by atoms with Crippen molar-refractivity contribution in [2.75, 3.05) is 22.9 Å². The van der Waals surface area contributed by atoms with Crippen LogP contribution in [0.3, 0.4) is 0 Å². The Kier molecular flexibility index (Phi) is 6.86. The van der Waals surface area contributed by atoms with E-state index in [4.69, 9.17) is 4.52 Å². The van der Waals surface area contributed by atoms with Gasteiger partial charge in [-0.25, -0.2) is 19.9 Å². The van der Waals surface area contributed by atoms with Crippen LogP contribution >= 0.6 is 11.3 Å². The fourth-order valence-electron chi connectivity index (χ4n) is 5.47. The molecule has 6 rings (SSSR count). The van der Waals surface area contributed by atoms with E-state index in [1.807, 2.05) is 11.4 Å². The highest BCUT2D eigenvalue weighted by Gasteiger charge is 2.40. The molecule has 0 aromatic carbocycles. The Bertz CT molecular complexity index is 1540. The number of rotatable bonds is 5. The second kappa shape index (κ2) is 10.3. The Morgan fingerprint density at radius 2 is 1.56 bits per heavy atom. The molecule has 2 fully saturated rings. The van der Waals surface area contributed by atoms with Gasteiger partial charge in [0.2, 0.25) is 11.9 Å². The molecule has 0 aliphatic carbocycles. The Morgan fingerprint density at radius 3 is 2.17 bits per heavy atom. The number of nitrogens with zero attached hydrogens (tertiary/aromatic N) is 7. The van der Waals surface area contributed by atoms with Gasteiger partial charge in [0.1, 0.15) is 22.8 Å². The first-order valence-electron chi connectivity index (χ1n) is 12.8. The SMILES string of the molecule is Cc1cc(C2CC(c3csc(C4CCCN4c4nccc(C(F)(F)F)n4)c3)CN2c2nccc(C(F)(F)F)n2)no1. The molecule has 15 heteroatoms. The molecule has 0 radical (unpaired) electrons. The molecular weight excluding hydrogens is 572 g/mol. The summed E-state index contributed by atoms with van der Waals surface area (Å²) < 4.78 is 85.2. The minimum absolute atomic E-state index is 0.0347. The summed E-state index contributed by atoms with van der Waals surface area (Å²) in [5.41, 5.74) is -0.472. The minimum atomic E-state index is -4.62.